The molecule has 3 nitrogen and oxygen atoms in total. The topological polar surface area (TPSA) is 61.1 Å². The third-order valence-corrected chi connectivity index (χ3v) is 1.76. The van der Waals surface area contributed by atoms with Crippen molar-refractivity contribution in [2.75, 3.05) is 0 Å². The lowest BCUT2D eigenvalue weighted by Gasteiger charge is -2.33. The van der Waals surface area contributed by atoms with Crippen LogP contribution in [-0.4, -0.2) is 17.2 Å². The van der Waals surface area contributed by atoms with E-state index in [1.165, 1.54) is 0 Å². The van der Waals surface area contributed by atoms with Gasteiger partial charge in [0, 0.05) is 12.8 Å². The maximum Gasteiger partial charge on any atom is 0.324 e. The van der Waals surface area contributed by atoms with Gasteiger partial charge in [-0.15, -0.1) is 0 Å². The van der Waals surface area contributed by atoms with Crippen LogP contribution in [0.4, 0.5) is 4.39 Å². The molecule has 0 spiro atoms. The predicted molar refractivity (Wildman–Crippen MR) is 29.8 cm³/mol. The second-order valence-corrected chi connectivity index (χ2v) is 2.50. The Bertz CT molecular complexity index is 202. The summed E-state index contributed by atoms with van der Waals surface area (Å²) in [4.78, 5) is 10.3. The van der Waals surface area contributed by atoms with Crippen LogP contribution in [0.1, 0.15) is 12.8 Å². The Hall–Kier alpha value is -1.11. The number of nitriles is 1. The quantitative estimate of drug-likeness (QED) is 0.588. The predicted octanol–water partition coefficient (Wildman–Crippen LogP) is 0.713. The van der Waals surface area contributed by atoms with Gasteiger partial charge in [0.1, 0.15) is 6.17 Å². The monoisotopic (exact) mass is 143 g/mol. The first-order valence-electron chi connectivity index (χ1n) is 2.89. The summed E-state index contributed by atoms with van der Waals surface area (Å²) in [5.74, 6) is -1.20. The van der Waals surface area contributed by atoms with E-state index < -0.39 is 17.6 Å². The van der Waals surface area contributed by atoms with Crippen LogP contribution >= 0.6 is 0 Å². The fourth-order valence-corrected chi connectivity index (χ4v) is 1.01. The molecule has 4 heteroatoms. The highest BCUT2D eigenvalue weighted by Crippen LogP contribution is 2.42. The minimum atomic E-state index is -1.42. The van der Waals surface area contributed by atoms with Crippen molar-refractivity contribution in [1.29, 1.82) is 5.26 Å². The molecule has 0 atom stereocenters. The molecule has 0 heterocycles. The van der Waals surface area contributed by atoms with Gasteiger partial charge in [-0.1, -0.05) is 0 Å². The molecule has 0 aromatic rings. The van der Waals surface area contributed by atoms with Crippen molar-refractivity contribution >= 4 is 5.97 Å². The number of hydrogen-bond donors (Lipinski definition) is 1. The Labute approximate surface area is 57.1 Å². The van der Waals surface area contributed by atoms with Gasteiger partial charge in [0.25, 0.3) is 0 Å². The molecule has 0 aromatic heterocycles. The van der Waals surface area contributed by atoms with Crippen molar-refractivity contribution in [1.82, 2.24) is 0 Å². The Morgan fingerprint density at radius 1 is 1.80 bits per heavy atom. The highest BCUT2D eigenvalue weighted by atomic mass is 19.1. The summed E-state index contributed by atoms with van der Waals surface area (Å²) in [6.07, 6.45) is -1.41. The number of carboxylic acid groups (broad SMARTS) is 1. The van der Waals surface area contributed by atoms with Gasteiger partial charge >= 0.3 is 5.97 Å². The molecule has 1 fully saturated rings. The molecule has 0 aromatic carbocycles. The van der Waals surface area contributed by atoms with Crippen LogP contribution < -0.4 is 0 Å². The summed E-state index contributed by atoms with van der Waals surface area (Å²) in [6.45, 7) is 0. The van der Waals surface area contributed by atoms with Gasteiger partial charge in [-0.2, -0.15) is 5.26 Å². The first-order valence-corrected chi connectivity index (χ1v) is 2.89. The van der Waals surface area contributed by atoms with E-state index in [0.717, 1.165) is 0 Å². The van der Waals surface area contributed by atoms with Crippen LogP contribution in [-0.2, 0) is 4.79 Å². The number of nitrogens with zero attached hydrogens (tertiary/aromatic N) is 1. The fourth-order valence-electron chi connectivity index (χ4n) is 1.01. The molecule has 0 bridgehead atoms. The number of carboxylic acids is 1. The van der Waals surface area contributed by atoms with E-state index in [1.807, 2.05) is 0 Å². The summed E-state index contributed by atoms with van der Waals surface area (Å²) < 4.78 is 12.1. The van der Waals surface area contributed by atoms with E-state index in [4.69, 9.17) is 10.4 Å². The van der Waals surface area contributed by atoms with Crippen LogP contribution in [0.25, 0.3) is 0 Å². The van der Waals surface area contributed by atoms with E-state index in [1.54, 1.807) is 6.07 Å². The number of carbonyl (C=O) groups is 1. The maximum atomic E-state index is 12.1. The van der Waals surface area contributed by atoms with Gasteiger partial charge in [-0.25, -0.2) is 4.39 Å². The summed E-state index contributed by atoms with van der Waals surface area (Å²) in [6, 6.07) is 1.61. The van der Waals surface area contributed by atoms with Gasteiger partial charge in [0.15, 0.2) is 5.41 Å². The van der Waals surface area contributed by atoms with Gasteiger partial charge in [0.05, 0.1) is 6.07 Å². The second-order valence-electron chi connectivity index (χ2n) is 2.50. The van der Waals surface area contributed by atoms with Crippen molar-refractivity contribution in [3.8, 4) is 6.07 Å². The molecule has 54 valence electrons. The highest BCUT2D eigenvalue weighted by Gasteiger charge is 2.51. The average Bonchev–Trinajstić information content (AvgIpc) is 1.79. The minimum Gasteiger partial charge on any atom is -0.480 e. The van der Waals surface area contributed by atoms with E-state index >= 15 is 0 Å². The molecule has 1 aliphatic carbocycles. The first kappa shape index (κ1) is 7.00. The Kier molecular flexibility index (Phi) is 1.36. The first-order chi connectivity index (χ1) is 4.60. The lowest BCUT2D eigenvalue weighted by molar-refractivity contribution is -0.153. The van der Waals surface area contributed by atoms with Gasteiger partial charge in [-0.3, -0.25) is 4.79 Å². The van der Waals surface area contributed by atoms with Crippen molar-refractivity contribution in [3.63, 3.8) is 0 Å². The lowest BCUT2D eigenvalue weighted by atomic mass is 9.69. The highest BCUT2D eigenvalue weighted by molar-refractivity contribution is 5.79. The van der Waals surface area contributed by atoms with Gasteiger partial charge in [-0.05, 0) is 0 Å². The second kappa shape index (κ2) is 1.94. The van der Waals surface area contributed by atoms with Crippen molar-refractivity contribution in [3.05, 3.63) is 0 Å². The standard InChI is InChI=1S/C6H6FNO2/c7-4-1-6(2-4,3-8)5(9)10/h4H,1-2H2,(H,9,10). The molecule has 0 unspecified atom stereocenters. The maximum absolute atomic E-state index is 12.1. The zero-order valence-electron chi connectivity index (χ0n) is 5.17. The zero-order chi connectivity index (χ0) is 7.78. The van der Waals surface area contributed by atoms with E-state index in [0.29, 0.717) is 0 Å². The summed E-state index contributed by atoms with van der Waals surface area (Å²) in [5, 5.41) is 16.7. The average molecular weight is 143 g/mol. The number of aliphatic carboxylic acids is 1. The Morgan fingerprint density at radius 2 is 2.30 bits per heavy atom. The van der Waals surface area contributed by atoms with Crippen LogP contribution in [0.3, 0.4) is 0 Å². The fraction of sp³-hybridized carbons (Fsp3) is 0.667. The van der Waals surface area contributed by atoms with Crippen molar-refractivity contribution < 1.29 is 14.3 Å². The molecule has 1 rings (SSSR count). The molecule has 0 saturated heterocycles. The van der Waals surface area contributed by atoms with Gasteiger partial charge in [0.2, 0.25) is 0 Å². The molecular weight excluding hydrogens is 137 g/mol. The Balaban J connectivity index is 2.68. The van der Waals surface area contributed by atoms with Crippen molar-refractivity contribution in [2.45, 2.75) is 19.0 Å². The minimum absolute atomic E-state index is 0.154. The summed E-state index contributed by atoms with van der Waals surface area (Å²) >= 11 is 0. The van der Waals surface area contributed by atoms with Crippen LogP contribution in [0.5, 0.6) is 0 Å². The van der Waals surface area contributed by atoms with Gasteiger partial charge < -0.3 is 5.11 Å². The third kappa shape index (κ3) is 0.747. The molecule has 0 amide bonds. The molecule has 1 saturated carbocycles. The van der Waals surface area contributed by atoms with Crippen molar-refractivity contribution in [2.24, 2.45) is 5.41 Å². The van der Waals surface area contributed by atoms with E-state index in [2.05, 4.69) is 0 Å². The zero-order valence-corrected chi connectivity index (χ0v) is 5.17. The smallest absolute Gasteiger partial charge is 0.324 e. The number of halogens is 1. The van der Waals surface area contributed by atoms with Crippen LogP contribution in [0.2, 0.25) is 0 Å². The number of rotatable bonds is 1. The largest absolute Gasteiger partial charge is 0.480 e. The van der Waals surface area contributed by atoms with E-state index in [-0.39, 0.29) is 12.8 Å². The number of hydrogen-bond acceptors (Lipinski definition) is 2. The Morgan fingerprint density at radius 3 is 2.40 bits per heavy atom. The molecule has 0 radical (unpaired) electrons. The van der Waals surface area contributed by atoms with Crippen LogP contribution in [0, 0.1) is 16.7 Å². The third-order valence-electron chi connectivity index (χ3n) is 1.76. The molecule has 10 heavy (non-hydrogen) atoms. The molecule has 1 aliphatic rings. The lowest BCUT2D eigenvalue weighted by Crippen LogP contribution is -2.43. The van der Waals surface area contributed by atoms with E-state index in [9.17, 15) is 9.18 Å². The summed E-state index contributed by atoms with van der Waals surface area (Å²) in [5.41, 5.74) is -1.42. The molecule has 0 aliphatic heterocycles. The molecular formula is C6H6FNO2. The normalized spacial score (nSPS) is 37.8. The SMILES string of the molecule is N#CC1(C(=O)O)CC(F)C1. The summed E-state index contributed by atoms with van der Waals surface area (Å²) in [7, 11) is 0. The molecule has 1 N–H and O–H groups in total. The van der Waals surface area contributed by atoms with Crippen LogP contribution in [0.15, 0.2) is 0 Å². The number of alkyl halides is 1.